The summed E-state index contributed by atoms with van der Waals surface area (Å²) in [5, 5.41) is -1.51. The summed E-state index contributed by atoms with van der Waals surface area (Å²) >= 11 is 0. The molecule has 5 heteroatoms. The van der Waals surface area contributed by atoms with Gasteiger partial charge >= 0.3 is 7.60 Å². The fourth-order valence-electron chi connectivity index (χ4n) is 1.83. The van der Waals surface area contributed by atoms with Gasteiger partial charge in [0.1, 0.15) is 5.16 Å². The molecule has 0 radical (unpaired) electrons. The Morgan fingerprint density at radius 2 is 1.71 bits per heavy atom. The van der Waals surface area contributed by atoms with Crippen molar-refractivity contribution >= 4 is 13.4 Å². The largest absolute Gasteiger partial charge is 0.338 e. The summed E-state index contributed by atoms with van der Waals surface area (Å²) in [5.41, 5.74) is 0. The molecule has 0 spiro atoms. The van der Waals surface area contributed by atoms with E-state index in [9.17, 15) is 9.36 Å². The van der Waals surface area contributed by atoms with Crippen molar-refractivity contribution in [3.63, 3.8) is 0 Å². The Bertz CT molecular complexity index is 273. The lowest BCUT2D eigenvalue weighted by molar-refractivity contribution is -0.124. The lowest BCUT2D eigenvalue weighted by Crippen LogP contribution is -2.36. The molecule has 0 aromatic rings. The van der Waals surface area contributed by atoms with Gasteiger partial charge in [-0.25, -0.2) is 0 Å². The van der Waals surface area contributed by atoms with Gasteiger partial charge in [-0.15, -0.1) is 0 Å². The van der Waals surface area contributed by atoms with Gasteiger partial charge in [0.2, 0.25) is 0 Å². The SMILES string of the molecule is CC(C)(C(=O)C1CCCC1)P(=O)(O)O. The molecular formula is C9H17O4P. The number of hydrogen-bond acceptors (Lipinski definition) is 2. The first-order valence-corrected chi connectivity index (χ1v) is 6.48. The van der Waals surface area contributed by atoms with Crippen LogP contribution in [0.2, 0.25) is 0 Å². The molecule has 14 heavy (non-hydrogen) atoms. The zero-order valence-corrected chi connectivity index (χ0v) is 9.46. The van der Waals surface area contributed by atoms with Gasteiger partial charge in [-0.1, -0.05) is 12.8 Å². The summed E-state index contributed by atoms with van der Waals surface area (Å²) in [6.07, 6.45) is 3.55. The molecule has 0 aliphatic heterocycles. The topological polar surface area (TPSA) is 74.6 Å². The van der Waals surface area contributed by atoms with Crippen LogP contribution in [0.3, 0.4) is 0 Å². The second kappa shape index (κ2) is 3.76. The third-order valence-corrected chi connectivity index (χ3v) is 4.73. The van der Waals surface area contributed by atoms with Crippen LogP contribution >= 0.6 is 7.60 Å². The molecule has 0 aromatic carbocycles. The second-order valence-corrected chi connectivity index (χ2v) is 6.65. The molecule has 1 aliphatic carbocycles. The highest BCUT2D eigenvalue weighted by Gasteiger charge is 2.47. The van der Waals surface area contributed by atoms with Gasteiger partial charge in [-0.05, 0) is 26.7 Å². The van der Waals surface area contributed by atoms with E-state index in [4.69, 9.17) is 9.79 Å². The van der Waals surface area contributed by atoms with E-state index in [2.05, 4.69) is 0 Å². The van der Waals surface area contributed by atoms with Crippen LogP contribution in [0.25, 0.3) is 0 Å². The third-order valence-electron chi connectivity index (χ3n) is 3.06. The molecule has 0 aromatic heterocycles. The normalized spacial score (nSPS) is 20.0. The van der Waals surface area contributed by atoms with Crippen LogP contribution in [0.4, 0.5) is 0 Å². The number of ketones is 1. The molecule has 1 aliphatic rings. The Hall–Kier alpha value is -0.180. The van der Waals surface area contributed by atoms with Gasteiger partial charge in [0.25, 0.3) is 0 Å². The Labute approximate surface area is 83.9 Å². The lowest BCUT2D eigenvalue weighted by Gasteiger charge is -2.26. The number of Topliss-reactive ketones (excluding diaryl/α,β-unsaturated/α-hetero) is 1. The molecule has 0 heterocycles. The quantitative estimate of drug-likeness (QED) is 0.710. The van der Waals surface area contributed by atoms with Gasteiger partial charge in [0.15, 0.2) is 5.78 Å². The highest BCUT2D eigenvalue weighted by Crippen LogP contribution is 2.52. The van der Waals surface area contributed by atoms with Crippen LogP contribution in [-0.4, -0.2) is 20.7 Å². The predicted molar refractivity (Wildman–Crippen MR) is 53.1 cm³/mol. The van der Waals surface area contributed by atoms with Crippen LogP contribution < -0.4 is 0 Å². The monoisotopic (exact) mass is 220 g/mol. The van der Waals surface area contributed by atoms with Gasteiger partial charge in [0.05, 0.1) is 0 Å². The third kappa shape index (κ3) is 2.08. The predicted octanol–water partition coefficient (Wildman–Crippen LogP) is 1.70. The van der Waals surface area contributed by atoms with E-state index >= 15 is 0 Å². The standard InChI is InChI=1S/C9H17O4P/c1-9(2,14(11,12)13)8(10)7-5-3-4-6-7/h7H,3-6H2,1-2H3,(H2,11,12,13). The summed E-state index contributed by atoms with van der Waals surface area (Å²) in [6.45, 7) is 2.68. The second-order valence-electron chi connectivity index (χ2n) is 4.45. The fraction of sp³-hybridized carbons (Fsp3) is 0.889. The summed E-state index contributed by atoms with van der Waals surface area (Å²) < 4.78 is 11.1. The van der Waals surface area contributed by atoms with E-state index in [1.54, 1.807) is 0 Å². The van der Waals surface area contributed by atoms with Crippen molar-refractivity contribution in [3.8, 4) is 0 Å². The molecule has 2 N–H and O–H groups in total. The van der Waals surface area contributed by atoms with E-state index in [1.807, 2.05) is 0 Å². The Morgan fingerprint density at radius 1 is 1.29 bits per heavy atom. The van der Waals surface area contributed by atoms with Crippen LogP contribution in [0.1, 0.15) is 39.5 Å². The van der Waals surface area contributed by atoms with Crippen molar-refractivity contribution in [2.75, 3.05) is 0 Å². The molecule has 0 saturated heterocycles. The molecule has 1 saturated carbocycles. The minimum absolute atomic E-state index is 0.141. The molecule has 1 rings (SSSR count). The average molecular weight is 220 g/mol. The maximum Gasteiger partial charge on any atom is 0.338 e. The zero-order chi connectivity index (χ0) is 11.0. The van der Waals surface area contributed by atoms with Crippen molar-refractivity contribution in [1.82, 2.24) is 0 Å². The molecule has 0 bridgehead atoms. The van der Waals surface area contributed by atoms with E-state index in [0.717, 1.165) is 25.7 Å². The Balaban J connectivity index is 2.82. The zero-order valence-electron chi connectivity index (χ0n) is 8.56. The van der Waals surface area contributed by atoms with Crippen LogP contribution in [0.15, 0.2) is 0 Å². The van der Waals surface area contributed by atoms with Gasteiger partial charge < -0.3 is 9.79 Å². The van der Waals surface area contributed by atoms with Crippen LogP contribution in [-0.2, 0) is 9.36 Å². The Kier molecular flexibility index (Phi) is 3.20. The molecule has 4 nitrogen and oxygen atoms in total. The minimum Gasteiger partial charge on any atom is -0.324 e. The number of hydrogen-bond donors (Lipinski definition) is 2. The molecule has 82 valence electrons. The summed E-state index contributed by atoms with van der Waals surface area (Å²) in [4.78, 5) is 30.0. The van der Waals surface area contributed by atoms with Gasteiger partial charge in [0, 0.05) is 5.92 Å². The highest BCUT2D eigenvalue weighted by atomic mass is 31.2. The number of rotatable bonds is 3. The Morgan fingerprint density at radius 3 is 2.07 bits per heavy atom. The van der Waals surface area contributed by atoms with Crippen molar-refractivity contribution in [3.05, 3.63) is 0 Å². The van der Waals surface area contributed by atoms with Crippen molar-refractivity contribution < 1.29 is 19.1 Å². The fourth-order valence-corrected chi connectivity index (χ4v) is 2.30. The maximum absolute atomic E-state index is 11.8. The summed E-state index contributed by atoms with van der Waals surface area (Å²) in [7, 11) is -4.33. The van der Waals surface area contributed by atoms with E-state index in [1.165, 1.54) is 13.8 Å². The molecular weight excluding hydrogens is 203 g/mol. The number of carbonyl (C=O) groups is 1. The smallest absolute Gasteiger partial charge is 0.324 e. The first-order chi connectivity index (χ1) is 6.27. The van der Waals surface area contributed by atoms with Gasteiger partial charge in [-0.2, -0.15) is 0 Å². The summed E-state index contributed by atoms with van der Waals surface area (Å²) in [5.74, 6) is -0.416. The average Bonchev–Trinajstić information content (AvgIpc) is 2.52. The van der Waals surface area contributed by atoms with Gasteiger partial charge in [-0.3, -0.25) is 9.36 Å². The molecule has 0 atom stereocenters. The number of carbonyl (C=O) groups excluding carboxylic acids is 1. The minimum atomic E-state index is -4.33. The van der Waals surface area contributed by atoms with E-state index in [0.29, 0.717) is 0 Å². The van der Waals surface area contributed by atoms with E-state index in [-0.39, 0.29) is 11.7 Å². The first kappa shape index (κ1) is 11.9. The summed E-state index contributed by atoms with van der Waals surface area (Å²) in [6, 6.07) is 0. The molecule has 0 unspecified atom stereocenters. The van der Waals surface area contributed by atoms with Crippen molar-refractivity contribution in [2.24, 2.45) is 5.92 Å². The van der Waals surface area contributed by atoms with E-state index < -0.39 is 12.8 Å². The maximum atomic E-state index is 11.8. The van der Waals surface area contributed by atoms with Crippen LogP contribution in [0, 0.1) is 5.92 Å². The first-order valence-electron chi connectivity index (χ1n) is 4.87. The van der Waals surface area contributed by atoms with Crippen molar-refractivity contribution in [1.29, 1.82) is 0 Å². The molecule has 1 fully saturated rings. The molecule has 0 amide bonds. The highest BCUT2D eigenvalue weighted by molar-refractivity contribution is 7.54. The lowest BCUT2D eigenvalue weighted by atomic mass is 9.93. The van der Waals surface area contributed by atoms with Crippen LogP contribution in [0.5, 0.6) is 0 Å². The van der Waals surface area contributed by atoms with Crippen molar-refractivity contribution in [2.45, 2.75) is 44.7 Å².